The first-order chi connectivity index (χ1) is 13.4. The van der Waals surface area contributed by atoms with Gasteiger partial charge in [-0.25, -0.2) is 8.42 Å². The van der Waals surface area contributed by atoms with Crippen molar-refractivity contribution in [2.45, 2.75) is 31.3 Å². The summed E-state index contributed by atoms with van der Waals surface area (Å²) in [6.45, 7) is 2.96. The van der Waals surface area contributed by atoms with Crippen LogP contribution < -0.4 is 10.6 Å². The Morgan fingerprint density at radius 2 is 1.59 bits per heavy atom. The Morgan fingerprint density at radius 1 is 0.966 bits per heavy atom. The summed E-state index contributed by atoms with van der Waals surface area (Å²) in [7, 11) is -3.74. The third-order valence-electron chi connectivity index (χ3n) is 3.91. The summed E-state index contributed by atoms with van der Waals surface area (Å²) < 4.78 is 63.4. The molecule has 0 radical (unpaired) electrons. The van der Waals surface area contributed by atoms with E-state index in [1.807, 2.05) is 0 Å². The van der Waals surface area contributed by atoms with Crippen molar-refractivity contribution in [3.8, 4) is 0 Å². The molecule has 0 bridgehead atoms. The van der Waals surface area contributed by atoms with E-state index in [9.17, 15) is 31.2 Å². The third kappa shape index (κ3) is 6.31. The second-order valence-corrected chi connectivity index (χ2v) is 8.48. The largest absolute Gasteiger partial charge is 0.416 e. The lowest BCUT2D eigenvalue weighted by Gasteiger charge is -2.15. The van der Waals surface area contributed by atoms with Crippen molar-refractivity contribution in [3.05, 3.63) is 53.6 Å². The Kier molecular flexibility index (Phi) is 6.68. The molecule has 10 heteroatoms. The van der Waals surface area contributed by atoms with Crippen LogP contribution in [0.1, 0.15) is 24.5 Å². The molecule has 0 aliphatic carbocycles. The van der Waals surface area contributed by atoms with E-state index in [1.54, 1.807) is 19.1 Å². The van der Waals surface area contributed by atoms with Gasteiger partial charge in [-0.2, -0.15) is 13.2 Å². The molecule has 0 saturated heterocycles. The van der Waals surface area contributed by atoms with Gasteiger partial charge in [-0.1, -0.05) is 17.7 Å². The molecular formula is C19H19F3N2O4S. The number of halogens is 3. The summed E-state index contributed by atoms with van der Waals surface area (Å²) >= 11 is 0. The fourth-order valence-corrected chi connectivity index (χ4v) is 3.67. The van der Waals surface area contributed by atoms with Crippen molar-refractivity contribution in [2.75, 3.05) is 16.4 Å². The van der Waals surface area contributed by atoms with E-state index >= 15 is 0 Å². The molecule has 0 aliphatic heterocycles. The van der Waals surface area contributed by atoms with Crippen LogP contribution in [0.25, 0.3) is 0 Å². The maximum Gasteiger partial charge on any atom is 0.416 e. The van der Waals surface area contributed by atoms with Gasteiger partial charge in [0.15, 0.2) is 9.84 Å². The number of rotatable bonds is 6. The van der Waals surface area contributed by atoms with E-state index < -0.39 is 45.6 Å². The molecule has 2 N–H and O–H groups in total. The van der Waals surface area contributed by atoms with Crippen LogP contribution in [0.5, 0.6) is 0 Å². The number of hydrogen-bond donors (Lipinski definition) is 2. The van der Waals surface area contributed by atoms with Crippen molar-refractivity contribution in [1.29, 1.82) is 0 Å². The Labute approximate surface area is 166 Å². The summed E-state index contributed by atoms with van der Waals surface area (Å²) in [5, 5.41) is 4.57. The number of anilines is 2. The van der Waals surface area contributed by atoms with E-state index in [4.69, 9.17) is 0 Å². The highest BCUT2D eigenvalue weighted by Crippen LogP contribution is 2.34. The van der Waals surface area contributed by atoms with Crippen LogP contribution >= 0.6 is 0 Å². The molecule has 2 amide bonds. The van der Waals surface area contributed by atoms with Crippen molar-refractivity contribution in [3.63, 3.8) is 0 Å². The topological polar surface area (TPSA) is 92.3 Å². The van der Waals surface area contributed by atoms with Crippen LogP contribution in [0.4, 0.5) is 24.5 Å². The quantitative estimate of drug-likeness (QED) is 0.733. The predicted octanol–water partition coefficient (Wildman–Crippen LogP) is 3.77. The molecule has 0 saturated carbocycles. The first-order valence-electron chi connectivity index (χ1n) is 8.46. The van der Waals surface area contributed by atoms with E-state index in [-0.39, 0.29) is 16.3 Å². The minimum absolute atomic E-state index is 0.0276. The van der Waals surface area contributed by atoms with E-state index in [0.29, 0.717) is 6.07 Å². The molecule has 0 aromatic heterocycles. The summed E-state index contributed by atoms with van der Waals surface area (Å²) in [6, 6.07) is 8.54. The van der Waals surface area contributed by atoms with Crippen LogP contribution in [0.3, 0.4) is 0 Å². The first-order valence-corrected chi connectivity index (χ1v) is 10.1. The summed E-state index contributed by atoms with van der Waals surface area (Å²) in [4.78, 5) is 23.5. The molecule has 0 heterocycles. The van der Waals surface area contributed by atoms with Gasteiger partial charge < -0.3 is 10.6 Å². The number of hydrogen-bond acceptors (Lipinski definition) is 4. The number of amides is 2. The van der Waals surface area contributed by atoms with Gasteiger partial charge in [0.25, 0.3) is 0 Å². The lowest BCUT2D eigenvalue weighted by atomic mass is 10.1. The molecule has 2 aromatic rings. The highest BCUT2D eigenvalue weighted by molar-refractivity contribution is 7.91. The molecule has 156 valence electrons. The Balaban J connectivity index is 2.16. The molecule has 29 heavy (non-hydrogen) atoms. The maximum atomic E-state index is 12.9. The van der Waals surface area contributed by atoms with Gasteiger partial charge in [-0.3, -0.25) is 9.59 Å². The molecular weight excluding hydrogens is 409 g/mol. The number of nitrogens with one attached hydrogen (secondary N) is 2. The molecule has 2 aromatic carbocycles. The maximum absolute atomic E-state index is 12.9. The molecule has 6 nitrogen and oxygen atoms in total. The van der Waals surface area contributed by atoms with Gasteiger partial charge in [0.2, 0.25) is 11.8 Å². The molecule has 0 atom stereocenters. The summed E-state index contributed by atoms with van der Waals surface area (Å²) in [6.07, 6.45) is -5.12. The summed E-state index contributed by atoms with van der Waals surface area (Å²) in [5.41, 5.74) is -0.445. The number of carbonyl (C=O) groups excluding carboxylic acids is 2. The Bertz CT molecular complexity index is 1020. The van der Waals surface area contributed by atoms with Crippen LogP contribution in [0.15, 0.2) is 47.4 Å². The molecule has 0 spiro atoms. The number of alkyl halides is 3. The van der Waals surface area contributed by atoms with Gasteiger partial charge in [-0.15, -0.1) is 0 Å². The van der Waals surface area contributed by atoms with Crippen molar-refractivity contribution >= 4 is 33.0 Å². The molecule has 2 rings (SSSR count). The van der Waals surface area contributed by atoms with Gasteiger partial charge in [0, 0.05) is 13.3 Å². The fourth-order valence-electron chi connectivity index (χ4n) is 2.43. The van der Waals surface area contributed by atoms with Gasteiger partial charge in [-0.05, 0) is 37.3 Å². The average Bonchev–Trinajstić information content (AvgIpc) is 2.60. The van der Waals surface area contributed by atoms with Gasteiger partial charge in [0.05, 0.1) is 27.6 Å². The van der Waals surface area contributed by atoms with E-state index in [2.05, 4.69) is 10.6 Å². The fraction of sp³-hybridized carbons (Fsp3) is 0.263. The standard InChI is InChI=1S/C19H19F3N2O4S/c1-12-3-6-15(7-4-12)29(27,28)10-9-18(26)24-17-11-14(19(20,21)22)5-8-16(17)23-13(2)25/h3-8,11H,9-10H2,1-2H3,(H,23,25)(H,24,26). The lowest BCUT2D eigenvalue weighted by molar-refractivity contribution is -0.137. The van der Waals surface area contributed by atoms with Crippen molar-refractivity contribution in [1.82, 2.24) is 0 Å². The van der Waals surface area contributed by atoms with Crippen LogP contribution in [0.2, 0.25) is 0 Å². The Morgan fingerprint density at radius 3 is 2.14 bits per heavy atom. The zero-order valence-electron chi connectivity index (χ0n) is 15.6. The van der Waals surface area contributed by atoms with E-state index in [1.165, 1.54) is 12.1 Å². The van der Waals surface area contributed by atoms with Gasteiger partial charge in [0.1, 0.15) is 0 Å². The molecule has 0 fully saturated rings. The SMILES string of the molecule is CC(=O)Nc1ccc(C(F)(F)F)cc1NC(=O)CCS(=O)(=O)c1ccc(C)cc1. The zero-order chi connectivity index (χ0) is 21.8. The van der Waals surface area contributed by atoms with Crippen molar-refractivity contribution < 1.29 is 31.2 Å². The van der Waals surface area contributed by atoms with Crippen LogP contribution in [-0.4, -0.2) is 26.0 Å². The van der Waals surface area contributed by atoms with Crippen molar-refractivity contribution in [2.24, 2.45) is 0 Å². The average molecular weight is 428 g/mol. The predicted molar refractivity (Wildman–Crippen MR) is 102 cm³/mol. The minimum atomic E-state index is -4.65. The van der Waals surface area contributed by atoms with E-state index in [0.717, 1.165) is 24.6 Å². The van der Waals surface area contributed by atoms with Crippen LogP contribution in [-0.2, 0) is 25.6 Å². The number of sulfone groups is 1. The lowest BCUT2D eigenvalue weighted by Crippen LogP contribution is -2.19. The Hall–Kier alpha value is -2.88. The number of aryl methyl sites for hydroxylation is 1. The molecule has 0 aliphatic rings. The normalized spacial score (nSPS) is 11.8. The number of carbonyl (C=O) groups is 2. The second kappa shape index (κ2) is 8.64. The molecule has 0 unspecified atom stereocenters. The highest BCUT2D eigenvalue weighted by Gasteiger charge is 2.31. The zero-order valence-corrected chi connectivity index (χ0v) is 16.4. The van der Waals surface area contributed by atoms with Crippen LogP contribution in [0, 0.1) is 6.92 Å². The monoisotopic (exact) mass is 428 g/mol. The number of benzene rings is 2. The minimum Gasteiger partial charge on any atom is -0.325 e. The summed E-state index contributed by atoms with van der Waals surface area (Å²) in [5.74, 6) is -1.86. The van der Waals surface area contributed by atoms with Gasteiger partial charge >= 0.3 is 6.18 Å². The first kappa shape index (κ1) is 22.4. The smallest absolute Gasteiger partial charge is 0.325 e. The highest BCUT2D eigenvalue weighted by atomic mass is 32.2. The second-order valence-electron chi connectivity index (χ2n) is 6.37. The third-order valence-corrected chi connectivity index (χ3v) is 5.64.